The first-order valence-electron chi connectivity index (χ1n) is 8.27. The molecule has 3 rings (SSSR count). The van der Waals surface area contributed by atoms with Gasteiger partial charge in [0.1, 0.15) is 17.6 Å². The fraction of sp³-hybridized carbons (Fsp3) is 0.211. The Labute approximate surface area is 175 Å². The van der Waals surface area contributed by atoms with Gasteiger partial charge < -0.3 is 14.8 Å². The SMILES string of the molecule is COCC1=C(C(=O)OC)C(c2ccc(Cl)cc2Cl)N=C(c2ncc(F)cc2F)N1. The van der Waals surface area contributed by atoms with Crippen LogP contribution < -0.4 is 5.32 Å². The summed E-state index contributed by atoms with van der Waals surface area (Å²) in [5.41, 5.74) is 0.626. The molecule has 0 saturated carbocycles. The van der Waals surface area contributed by atoms with Crippen LogP contribution in [0.1, 0.15) is 17.3 Å². The van der Waals surface area contributed by atoms with Gasteiger partial charge in [0, 0.05) is 28.8 Å². The second-order valence-electron chi connectivity index (χ2n) is 5.97. The molecule has 1 N–H and O–H groups in total. The van der Waals surface area contributed by atoms with E-state index in [1.807, 2.05) is 0 Å². The van der Waals surface area contributed by atoms with E-state index in [2.05, 4.69) is 15.3 Å². The van der Waals surface area contributed by atoms with Gasteiger partial charge in [-0.25, -0.2) is 18.6 Å². The van der Waals surface area contributed by atoms with E-state index in [1.54, 1.807) is 12.1 Å². The van der Waals surface area contributed by atoms with Gasteiger partial charge in [-0.05, 0) is 12.1 Å². The van der Waals surface area contributed by atoms with E-state index < -0.39 is 23.6 Å². The molecule has 2 aromatic rings. The number of pyridine rings is 1. The van der Waals surface area contributed by atoms with E-state index in [0.717, 1.165) is 6.20 Å². The standard InChI is InChI=1S/C19H15Cl2F2N3O3/c1-28-8-14-15(19(27)29-2)16(11-4-3-9(20)5-12(11)21)26-18(25-14)17-13(23)6-10(22)7-24-17/h3-7,16H,8H2,1-2H3,(H,25,26). The molecule has 0 amide bonds. The van der Waals surface area contributed by atoms with E-state index >= 15 is 0 Å². The molecular formula is C19H15Cl2F2N3O3. The third-order valence-corrected chi connectivity index (χ3v) is 4.67. The van der Waals surface area contributed by atoms with Crippen molar-refractivity contribution in [3.05, 3.63) is 74.7 Å². The maximum atomic E-state index is 14.3. The Morgan fingerprint density at radius 3 is 2.62 bits per heavy atom. The Balaban J connectivity index is 2.21. The highest BCUT2D eigenvalue weighted by Crippen LogP contribution is 2.37. The molecule has 1 aliphatic heterocycles. The van der Waals surface area contributed by atoms with Gasteiger partial charge in [-0.15, -0.1) is 0 Å². The van der Waals surface area contributed by atoms with Crippen LogP contribution in [0.5, 0.6) is 0 Å². The van der Waals surface area contributed by atoms with Crippen molar-refractivity contribution in [3.8, 4) is 0 Å². The third kappa shape index (κ3) is 4.39. The quantitative estimate of drug-likeness (QED) is 0.713. The zero-order valence-electron chi connectivity index (χ0n) is 15.3. The first kappa shape index (κ1) is 21.2. The largest absolute Gasteiger partial charge is 0.466 e. The summed E-state index contributed by atoms with van der Waals surface area (Å²) in [5, 5.41) is 3.48. The molecule has 1 atom stereocenters. The lowest BCUT2D eigenvalue weighted by molar-refractivity contribution is -0.136. The predicted molar refractivity (Wildman–Crippen MR) is 104 cm³/mol. The molecule has 6 nitrogen and oxygen atoms in total. The van der Waals surface area contributed by atoms with Crippen molar-refractivity contribution in [2.45, 2.75) is 6.04 Å². The van der Waals surface area contributed by atoms with Gasteiger partial charge in [0.2, 0.25) is 0 Å². The first-order valence-corrected chi connectivity index (χ1v) is 9.02. The summed E-state index contributed by atoms with van der Waals surface area (Å²) in [6.45, 7) is -0.0338. The van der Waals surface area contributed by atoms with Crippen LogP contribution in [0.15, 0.2) is 46.7 Å². The highest BCUT2D eigenvalue weighted by Gasteiger charge is 2.34. The van der Waals surface area contributed by atoms with Crippen LogP contribution in [-0.4, -0.2) is 37.6 Å². The van der Waals surface area contributed by atoms with Gasteiger partial charge in [0.05, 0.1) is 31.2 Å². The van der Waals surface area contributed by atoms with Crippen molar-refractivity contribution in [3.63, 3.8) is 0 Å². The Morgan fingerprint density at radius 2 is 2.00 bits per heavy atom. The fourth-order valence-electron chi connectivity index (χ4n) is 2.86. The minimum absolute atomic E-state index is 0.0155. The Hall–Kier alpha value is -2.55. The van der Waals surface area contributed by atoms with E-state index in [0.29, 0.717) is 16.7 Å². The fourth-order valence-corrected chi connectivity index (χ4v) is 3.37. The van der Waals surface area contributed by atoms with Crippen molar-refractivity contribution in [2.75, 3.05) is 20.8 Å². The molecule has 0 spiro atoms. The average Bonchev–Trinajstić information content (AvgIpc) is 2.67. The van der Waals surface area contributed by atoms with Crippen molar-refractivity contribution >= 4 is 35.0 Å². The summed E-state index contributed by atoms with van der Waals surface area (Å²) in [4.78, 5) is 20.7. The number of aromatic nitrogens is 1. The van der Waals surface area contributed by atoms with Crippen molar-refractivity contribution in [1.29, 1.82) is 0 Å². The number of nitrogens with one attached hydrogen (secondary N) is 1. The van der Waals surface area contributed by atoms with Gasteiger partial charge >= 0.3 is 5.97 Å². The number of methoxy groups -OCH3 is 2. The Kier molecular flexibility index (Phi) is 6.46. The van der Waals surface area contributed by atoms with E-state index in [-0.39, 0.29) is 34.4 Å². The number of aliphatic imine (C=N–C) groups is 1. The van der Waals surface area contributed by atoms with Gasteiger partial charge in [-0.3, -0.25) is 4.99 Å². The minimum Gasteiger partial charge on any atom is -0.466 e. The Morgan fingerprint density at radius 1 is 1.24 bits per heavy atom. The molecule has 0 saturated heterocycles. The average molecular weight is 442 g/mol. The van der Waals surface area contributed by atoms with Crippen LogP contribution in [-0.2, 0) is 14.3 Å². The molecule has 0 radical (unpaired) electrons. The van der Waals surface area contributed by atoms with Gasteiger partial charge in [-0.1, -0.05) is 29.3 Å². The maximum absolute atomic E-state index is 14.3. The molecule has 0 bridgehead atoms. The van der Waals surface area contributed by atoms with Crippen molar-refractivity contribution in [2.24, 2.45) is 4.99 Å². The first-order chi connectivity index (χ1) is 13.8. The molecule has 152 valence electrons. The smallest absolute Gasteiger partial charge is 0.338 e. The van der Waals surface area contributed by atoms with Crippen molar-refractivity contribution in [1.82, 2.24) is 10.3 Å². The lowest BCUT2D eigenvalue weighted by Crippen LogP contribution is -2.36. The van der Waals surface area contributed by atoms with Gasteiger partial charge in [0.15, 0.2) is 11.7 Å². The van der Waals surface area contributed by atoms with Gasteiger partial charge in [-0.2, -0.15) is 0 Å². The summed E-state index contributed by atoms with van der Waals surface area (Å²) in [6, 6.07) is 4.41. The second-order valence-corrected chi connectivity index (χ2v) is 6.82. The summed E-state index contributed by atoms with van der Waals surface area (Å²) in [6.07, 6.45) is 0.864. The number of esters is 1. The lowest BCUT2D eigenvalue weighted by atomic mass is 9.95. The highest BCUT2D eigenvalue weighted by atomic mass is 35.5. The van der Waals surface area contributed by atoms with Crippen LogP contribution in [0.4, 0.5) is 8.78 Å². The van der Waals surface area contributed by atoms with E-state index in [1.165, 1.54) is 20.3 Å². The molecular weight excluding hydrogens is 427 g/mol. The van der Waals surface area contributed by atoms with Crippen molar-refractivity contribution < 1.29 is 23.0 Å². The van der Waals surface area contributed by atoms with E-state index in [4.69, 9.17) is 32.7 Å². The molecule has 1 aromatic carbocycles. The number of carbonyl (C=O) groups excluding carboxylic acids is 1. The number of ether oxygens (including phenoxy) is 2. The highest BCUT2D eigenvalue weighted by molar-refractivity contribution is 6.35. The monoisotopic (exact) mass is 441 g/mol. The molecule has 2 heterocycles. The summed E-state index contributed by atoms with van der Waals surface area (Å²) in [5.74, 6) is -2.44. The minimum atomic E-state index is -0.958. The van der Waals surface area contributed by atoms with Crippen LogP contribution in [0.2, 0.25) is 10.0 Å². The zero-order valence-corrected chi connectivity index (χ0v) is 16.8. The van der Waals surface area contributed by atoms with Crippen LogP contribution >= 0.6 is 23.2 Å². The molecule has 29 heavy (non-hydrogen) atoms. The molecule has 1 aromatic heterocycles. The molecule has 0 fully saturated rings. The Bertz CT molecular complexity index is 1030. The third-order valence-electron chi connectivity index (χ3n) is 4.11. The van der Waals surface area contributed by atoms with Gasteiger partial charge in [0.25, 0.3) is 0 Å². The second kappa shape index (κ2) is 8.86. The number of hydrogen-bond donors (Lipinski definition) is 1. The lowest BCUT2D eigenvalue weighted by Gasteiger charge is -2.27. The molecule has 0 aliphatic carbocycles. The number of nitrogens with zero attached hydrogens (tertiary/aromatic N) is 2. The normalized spacial score (nSPS) is 16.3. The number of amidine groups is 1. The number of carbonyl (C=O) groups is 1. The van der Waals surface area contributed by atoms with E-state index in [9.17, 15) is 13.6 Å². The number of rotatable bonds is 5. The van der Waals surface area contributed by atoms with Crippen LogP contribution in [0.25, 0.3) is 0 Å². The predicted octanol–water partition coefficient (Wildman–Crippen LogP) is 3.83. The maximum Gasteiger partial charge on any atom is 0.338 e. The van der Waals surface area contributed by atoms with Crippen LogP contribution in [0, 0.1) is 11.6 Å². The number of halogens is 4. The summed E-state index contributed by atoms with van der Waals surface area (Å²) < 4.78 is 37.7. The summed E-state index contributed by atoms with van der Waals surface area (Å²) in [7, 11) is 2.65. The number of benzene rings is 1. The molecule has 10 heteroatoms. The molecule has 1 aliphatic rings. The topological polar surface area (TPSA) is 72.8 Å². The van der Waals surface area contributed by atoms with Crippen LogP contribution in [0.3, 0.4) is 0 Å². The zero-order chi connectivity index (χ0) is 21.1. The molecule has 1 unspecified atom stereocenters. The summed E-state index contributed by atoms with van der Waals surface area (Å²) >= 11 is 12.3. The number of hydrogen-bond acceptors (Lipinski definition) is 6.